The number of carboxylic acids is 1. The maximum absolute atomic E-state index is 11.3. The molecule has 0 saturated carbocycles. The van der Waals surface area contributed by atoms with Crippen molar-refractivity contribution >= 4 is 11.8 Å². The molecule has 126 valence electrons. The van der Waals surface area contributed by atoms with Crippen LogP contribution in [0.1, 0.15) is 0 Å². The quantitative estimate of drug-likeness (QED) is 0.908. The summed E-state index contributed by atoms with van der Waals surface area (Å²) in [5.41, 5.74) is 1.60. The number of anilines is 1. The monoisotopic (exact) mass is 328 g/mol. The summed E-state index contributed by atoms with van der Waals surface area (Å²) in [7, 11) is 3.45. The van der Waals surface area contributed by atoms with E-state index in [9.17, 15) is 9.90 Å². The van der Waals surface area contributed by atoms with Gasteiger partial charge < -0.3 is 14.7 Å². The second kappa shape index (κ2) is 6.84. The van der Waals surface area contributed by atoms with Crippen LogP contribution < -0.4 is 9.64 Å². The Kier molecular flexibility index (Phi) is 4.61. The average Bonchev–Trinajstić information content (AvgIpc) is 2.62. The Bertz CT molecular complexity index is 720. The first-order chi connectivity index (χ1) is 11.6. The van der Waals surface area contributed by atoms with Crippen molar-refractivity contribution in [2.24, 2.45) is 0 Å². The third-order valence-electron chi connectivity index (χ3n) is 4.29. The molecule has 1 saturated heterocycles. The zero-order valence-corrected chi connectivity index (χ0v) is 13.7. The van der Waals surface area contributed by atoms with Gasteiger partial charge in [-0.1, -0.05) is 12.1 Å². The minimum Gasteiger partial charge on any atom is -0.496 e. The normalized spacial score (nSPS) is 18.4. The van der Waals surface area contributed by atoms with Gasteiger partial charge in [-0.3, -0.25) is 9.69 Å². The van der Waals surface area contributed by atoms with Gasteiger partial charge in [-0.25, -0.2) is 0 Å². The van der Waals surface area contributed by atoms with Crippen LogP contribution in [0.5, 0.6) is 5.75 Å². The largest absolute Gasteiger partial charge is 0.496 e. The van der Waals surface area contributed by atoms with Gasteiger partial charge in [0, 0.05) is 25.2 Å². The van der Waals surface area contributed by atoms with E-state index in [2.05, 4.69) is 10.2 Å². The summed E-state index contributed by atoms with van der Waals surface area (Å²) in [6, 6.07) is 10.9. The number of rotatable bonds is 4. The van der Waals surface area contributed by atoms with Gasteiger partial charge in [0.1, 0.15) is 11.8 Å². The van der Waals surface area contributed by atoms with Crippen LogP contribution in [0, 0.1) is 0 Å². The highest BCUT2D eigenvalue weighted by Crippen LogP contribution is 2.28. The molecule has 24 heavy (non-hydrogen) atoms. The summed E-state index contributed by atoms with van der Waals surface area (Å²) in [6.07, 6.45) is 0. The van der Waals surface area contributed by atoms with Crippen LogP contribution in [0.25, 0.3) is 11.3 Å². The number of methoxy groups -OCH3 is 1. The van der Waals surface area contributed by atoms with Gasteiger partial charge in [0.05, 0.1) is 12.8 Å². The van der Waals surface area contributed by atoms with E-state index >= 15 is 0 Å². The number of carboxylic acid groups (broad SMARTS) is 1. The van der Waals surface area contributed by atoms with Crippen molar-refractivity contribution in [1.82, 2.24) is 15.1 Å². The standard InChI is InChI=1S/C17H20N4O3/c1-20-9-10-21(11-14(20)17(22)23)16-8-7-13(18-19-16)12-5-3-4-6-15(12)24-2/h3-8,14H,9-11H2,1-2H3,(H,22,23)/t14-/m0/s1. The molecule has 1 aromatic carbocycles. The molecule has 3 rings (SSSR count). The molecule has 2 heterocycles. The van der Waals surface area contributed by atoms with Crippen molar-refractivity contribution in [3.05, 3.63) is 36.4 Å². The van der Waals surface area contributed by atoms with Crippen LogP contribution in [0.15, 0.2) is 36.4 Å². The molecule has 0 spiro atoms. The fourth-order valence-electron chi connectivity index (χ4n) is 2.84. The smallest absolute Gasteiger partial charge is 0.322 e. The summed E-state index contributed by atoms with van der Waals surface area (Å²) in [6.45, 7) is 1.80. The number of hydrogen-bond donors (Lipinski definition) is 1. The van der Waals surface area contributed by atoms with Crippen molar-refractivity contribution in [2.75, 3.05) is 38.7 Å². The van der Waals surface area contributed by atoms with Crippen molar-refractivity contribution in [1.29, 1.82) is 0 Å². The summed E-state index contributed by atoms with van der Waals surface area (Å²) < 4.78 is 5.35. The lowest BCUT2D eigenvalue weighted by molar-refractivity contribution is -0.142. The van der Waals surface area contributed by atoms with Crippen LogP contribution >= 0.6 is 0 Å². The van der Waals surface area contributed by atoms with Crippen LogP contribution in [0.3, 0.4) is 0 Å². The number of para-hydroxylation sites is 1. The Labute approximate surface area is 140 Å². The van der Waals surface area contributed by atoms with Gasteiger partial charge in [0.15, 0.2) is 5.82 Å². The maximum Gasteiger partial charge on any atom is 0.322 e. The second-order valence-corrected chi connectivity index (χ2v) is 5.76. The fourth-order valence-corrected chi connectivity index (χ4v) is 2.84. The first-order valence-electron chi connectivity index (χ1n) is 7.75. The van der Waals surface area contributed by atoms with Gasteiger partial charge in [0.2, 0.25) is 0 Å². The Morgan fingerprint density at radius 1 is 1.21 bits per heavy atom. The summed E-state index contributed by atoms with van der Waals surface area (Å²) in [5, 5.41) is 17.9. The highest BCUT2D eigenvalue weighted by atomic mass is 16.5. The minimum absolute atomic E-state index is 0.397. The maximum atomic E-state index is 11.3. The van der Waals surface area contributed by atoms with Crippen molar-refractivity contribution < 1.29 is 14.6 Å². The van der Waals surface area contributed by atoms with Gasteiger partial charge >= 0.3 is 5.97 Å². The first-order valence-corrected chi connectivity index (χ1v) is 7.75. The predicted octanol–water partition coefficient (Wildman–Crippen LogP) is 1.36. The summed E-state index contributed by atoms with van der Waals surface area (Å²) in [4.78, 5) is 15.1. The zero-order chi connectivity index (χ0) is 17.1. The molecule has 0 bridgehead atoms. The zero-order valence-electron chi connectivity index (χ0n) is 13.7. The Morgan fingerprint density at radius 3 is 2.67 bits per heavy atom. The van der Waals surface area contributed by atoms with E-state index in [1.165, 1.54) is 0 Å². The molecular weight excluding hydrogens is 308 g/mol. The predicted molar refractivity (Wildman–Crippen MR) is 90.3 cm³/mol. The van der Waals surface area contributed by atoms with Crippen molar-refractivity contribution in [3.63, 3.8) is 0 Å². The summed E-state index contributed by atoms with van der Waals surface area (Å²) >= 11 is 0. The summed E-state index contributed by atoms with van der Waals surface area (Å²) in [5.74, 6) is 0.610. The molecule has 1 aliphatic rings. The number of carbonyl (C=O) groups is 1. The number of piperazine rings is 1. The van der Waals surface area contributed by atoms with Crippen LogP contribution in [0.4, 0.5) is 5.82 Å². The van der Waals surface area contributed by atoms with E-state index in [0.29, 0.717) is 18.9 Å². The van der Waals surface area contributed by atoms with Gasteiger partial charge in [0.25, 0.3) is 0 Å². The molecular formula is C17H20N4O3. The van der Waals surface area contributed by atoms with E-state index in [1.54, 1.807) is 7.11 Å². The van der Waals surface area contributed by atoms with E-state index in [0.717, 1.165) is 23.6 Å². The van der Waals surface area contributed by atoms with Gasteiger partial charge in [-0.2, -0.15) is 0 Å². The molecule has 1 aromatic heterocycles. The number of aromatic nitrogens is 2. The number of ether oxygens (including phenoxy) is 1. The molecule has 7 nitrogen and oxygen atoms in total. The third-order valence-corrected chi connectivity index (χ3v) is 4.29. The Morgan fingerprint density at radius 2 is 2.00 bits per heavy atom. The minimum atomic E-state index is -0.819. The molecule has 1 aliphatic heterocycles. The number of hydrogen-bond acceptors (Lipinski definition) is 6. The van der Waals surface area contributed by atoms with E-state index in [-0.39, 0.29) is 0 Å². The lowest BCUT2D eigenvalue weighted by Gasteiger charge is -2.37. The van der Waals surface area contributed by atoms with Crippen LogP contribution in [-0.2, 0) is 4.79 Å². The number of benzene rings is 1. The lowest BCUT2D eigenvalue weighted by atomic mass is 10.1. The number of likely N-dealkylation sites (N-methyl/N-ethyl adjacent to an activating group) is 1. The Hall–Kier alpha value is -2.67. The molecule has 0 aliphatic carbocycles. The molecule has 0 unspecified atom stereocenters. The van der Waals surface area contributed by atoms with Crippen molar-refractivity contribution in [3.8, 4) is 17.0 Å². The first kappa shape index (κ1) is 16.2. The van der Waals surface area contributed by atoms with E-state index in [4.69, 9.17) is 4.74 Å². The third kappa shape index (κ3) is 3.16. The molecule has 0 amide bonds. The molecule has 1 atom stereocenters. The fraction of sp³-hybridized carbons (Fsp3) is 0.353. The molecule has 1 N–H and O–H groups in total. The van der Waals surface area contributed by atoms with Crippen LogP contribution in [0.2, 0.25) is 0 Å². The highest BCUT2D eigenvalue weighted by Gasteiger charge is 2.30. The average molecular weight is 328 g/mol. The molecule has 7 heteroatoms. The lowest BCUT2D eigenvalue weighted by Crippen LogP contribution is -2.55. The van der Waals surface area contributed by atoms with Crippen LogP contribution in [-0.4, -0.2) is 66.0 Å². The number of nitrogens with zero attached hydrogens (tertiary/aromatic N) is 4. The molecule has 2 aromatic rings. The highest BCUT2D eigenvalue weighted by molar-refractivity contribution is 5.75. The second-order valence-electron chi connectivity index (χ2n) is 5.76. The van der Waals surface area contributed by atoms with E-state index in [1.807, 2.05) is 53.2 Å². The van der Waals surface area contributed by atoms with Gasteiger partial charge in [-0.05, 0) is 31.3 Å². The Balaban J connectivity index is 1.81. The number of aliphatic carboxylic acids is 1. The topological polar surface area (TPSA) is 78.8 Å². The van der Waals surface area contributed by atoms with Crippen molar-refractivity contribution in [2.45, 2.75) is 6.04 Å². The van der Waals surface area contributed by atoms with Gasteiger partial charge in [-0.15, -0.1) is 10.2 Å². The molecule has 0 radical (unpaired) electrons. The molecule has 1 fully saturated rings. The van der Waals surface area contributed by atoms with E-state index < -0.39 is 12.0 Å². The SMILES string of the molecule is COc1ccccc1-c1ccc(N2CCN(C)[C@H](C(=O)O)C2)nn1.